The van der Waals surface area contributed by atoms with Gasteiger partial charge in [0.15, 0.2) is 6.10 Å². The number of hydrogen-bond donors (Lipinski definition) is 3. The monoisotopic (exact) mass is 716 g/mol. The van der Waals surface area contributed by atoms with E-state index in [0.717, 1.165) is 83.5 Å². The molecule has 1 unspecified atom stereocenters. The van der Waals surface area contributed by atoms with Gasteiger partial charge in [0.2, 0.25) is 0 Å². The highest BCUT2D eigenvalue weighted by molar-refractivity contribution is 7.47. The average molecular weight is 717 g/mol. The molecule has 0 aromatic heterocycles. The van der Waals surface area contributed by atoms with Crippen LogP contribution in [-0.4, -0.2) is 65.7 Å². The van der Waals surface area contributed by atoms with Crippen LogP contribution in [0.2, 0.25) is 0 Å². The van der Waals surface area contributed by atoms with Gasteiger partial charge in [0.05, 0.1) is 19.8 Å². The molecule has 0 heterocycles. The van der Waals surface area contributed by atoms with Crippen LogP contribution in [0, 0.1) is 0 Å². The number of hydrogen-bond acceptors (Lipinski definition) is 9. The molecule has 0 saturated heterocycles. The van der Waals surface area contributed by atoms with Crippen molar-refractivity contribution in [2.75, 3.05) is 26.4 Å². The van der Waals surface area contributed by atoms with E-state index in [2.05, 4.69) is 54.8 Å². The van der Waals surface area contributed by atoms with Crippen LogP contribution in [0.25, 0.3) is 0 Å². The van der Waals surface area contributed by atoms with Gasteiger partial charge in [-0.2, -0.15) is 0 Å². The molecule has 3 atom stereocenters. The number of carbonyl (C=O) groups is 2. The van der Waals surface area contributed by atoms with Crippen LogP contribution in [0.5, 0.6) is 0 Å². The first-order valence-electron chi connectivity index (χ1n) is 18.9. The second-order valence-corrected chi connectivity index (χ2v) is 14.0. The third-order valence-corrected chi connectivity index (χ3v) is 8.72. The number of unbranched alkanes of at least 4 members (excludes halogenated alkanes) is 15. The number of carbonyl (C=O) groups excluding carboxylic acids is 2. The van der Waals surface area contributed by atoms with Gasteiger partial charge in [-0.1, -0.05) is 115 Å². The molecule has 0 fully saturated rings. The van der Waals surface area contributed by atoms with E-state index < -0.39 is 51.8 Å². The fraction of sp³-hybridized carbons (Fsp3) is 0.789. The lowest BCUT2D eigenvalue weighted by atomic mass is 10.1. The standard InChI is InChI=1S/C38H69O10P/c1-3-5-7-9-11-13-15-16-17-18-20-21-23-25-27-29-37(41)45-33-36(34-47-49(43,44)46-32-35(40)31-39)48-38(42)30-28-26-24-22-19-14-12-10-8-6-4-2/h10-13,16-17,35-36,39-40H,3-9,14-15,18-34H2,1-2H3,(H,43,44)/b12-10+,13-11+,17-16+/t35-,36+/m0/s1. The Morgan fingerprint density at radius 1 is 0.612 bits per heavy atom. The van der Waals surface area contributed by atoms with Crippen molar-refractivity contribution < 1.29 is 47.8 Å². The second kappa shape index (κ2) is 34.6. The summed E-state index contributed by atoms with van der Waals surface area (Å²) >= 11 is 0. The van der Waals surface area contributed by atoms with E-state index in [9.17, 15) is 24.2 Å². The Hall–Kier alpha value is -1.81. The Kier molecular flexibility index (Phi) is 33.4. The minimum atomic E-state index is -4.61. The van der Waals surface area contributed by atoms with E-state index >= 15 is 0 Å². The summed E-state index contributed by atoms with van der Waals surface area (Å²) in [5, 5.41) is 18.3. The highest BCUT2D eigenvalue weighted by atomic mass is 31.2. The van der Waals surface area contributed by atoms with Crippen LogP contribution >= 0.6 is 7.82 Å². The SMILES string of the molecule is CCCC/C=C/CCCCCCCC(=O)O[C@H](COC(=O)CCCCCCC/C=C/C/C=C/CCCCC)COP(=O)(O)OC[C@@H](O)CO. The smallest absolute Gasteiger partial charge is 0.462 e. The number of allylic oxidation sites excluding steroid dienone is 6. The molecule has 49 heavy (non-hydrogen) atoms. The van der Waals surface area contributed by atoms with Gasteiger partial charge in [0.25, 0.3) is 0 Å². The number of rotatable bonds is 35. The maximum atomic E-state index is 12.5. The molecule has 0 aromatic carbocycles. The maximum absolute atomic E-state index is 12.5. The summed E-state index contributed by atoms with van der Waals surface area (Å²) in [5.74, 6) is -0.956. The largest absolute Gasteiger partial charge is 0.472 e. The molecule has 0 amide bonds. The Morgan fingerprint density at radius 3 is 1.65 bits per heavy atom. The van der Waals surface area contributed by atoms with Gasteiger partial charge in [-0.3, -0.25) is 18.6 Å². The van der Waals surface area contributed by atoms with Crippen molar-refractivity contribution >= 4 is 19.8 Å². The molecule has 0 spiro atoms. The Bertz CT molecular complexity index is 920. The van der Waals surface area contributed by atoms with E-state index in [-0.39, 0.29) is 19.4 Å². The highest BCUT2D eigenvalue weighted by Crippen LogP contribution is 2.43. The third kappa shape index (κ3) is 34.4. The molecule has 11 heteroatoms. The minimum absolute atomic E-state index is 0.170. The quantitative estimate of drug-likeness (QED) is 0.0251. The van der Waals surface area contributed by atoms with Crippen LogP contribution in [0.3, 0.4) is 0 Å². The molecule has 10 nitrogen and oxygen atoms in total. The number of phosphoric acid groups is 1. The molecule has 0 bridgehead atoms. The summed E-state index contributed by atoms with van der Waals surface area (Å²) < 4.78 is 32.5. The second-order valence-electron chi connectivity index (χ2n) is 12.6. The summed E-state index contributed by atoms with van der Waals surface area (Å²) in [4.78, 5) is 34.8. The van der Waals surface area contributed by atoms with Gasteiger partial charge in [-0.25, -0.2) is 4.57 Å². The summed E-state index contributed by atoms with van der Waals surface area (Å²) in [6.07, 6.45) is 32.6. The lowest BCUT2D eigenvalue weighted by Gasteiger charge is -2.20. The van der Waals surface area contributed by atoms with Crippen LogP contribution in [-0.2, 0) is 32.7 Å². The van der Waals surface area contributed by atoms with E-state index in [1.54, 1.807) is 0 Å². The predicted molar refractivity (Wildman–Crippen MR) is 196 cm³/mol. The van der Waals surface area contributed by atoms with Crippen molar-refractivity contribution in [3.63, 3.8) is 0 Å². The first kappa shape index (κ1) is 47.2. The Labute approximate surface area is 297 Å². The van der Waals surface area contributed by atoms with Gasteiger partial charge >= 0.3 is 19.8 Å². The normalized spacial score (nSPS) is 14.5. The minimum Gasteiger partial charge on any atom is -0.462 e. The van der Waals surface area contributed by atoms with Crippen molar-refractivity contribution in [2.45, 2.75) is 167 Å². The van der Waals surface area contributed by atoms with Crippen molar-refractivity contribution in [1.29, 1.82) is 0 Å². The molecule has 3 N–H and O–H groups in total. The lowest BCUT2D eigenvalue weighted by molar-refractivity contribution is -0.161. The molecule has 0 radical (unpaired) electrons. The molecule has 0 aliphatic heterocycles. The summed E-state index contributed by atoms with van der Waals surface area (Å²) in [7, 11) is -4.61. The number of aliphatic hydroxyl groups excluding tert-OH is 2. The molecule has 0 aliphatic carbocycles. The lowest BCUT2D eigenvalue weighted by Crippen LogP contribution is -2.29. The highest BCUT2D eigenvalue weighted by Gasteiger charge is 2.27. The molecule has 0 aromatic rings. The molecule has 0 rings (SSSR count). The Morgan fingerprint density at radius 2 is 1.08 bits per heavy atom. The molecule has 286 valence electrons. The predicted octanol–water partition coefficient (Wildman–Crippen LogP) is 9.22. The molecular formula is C38H69O10P. The average Bonchev–Trinajstić information content (AvgIpc) is 3.09. The zero-order valence-corrected chi connectivity index (χ0v) is 31.5. The van der Waals surface area contributed by atoms with E-state index in [1.165, 1.54) is 32.1 Å². The topological polar surface area (TPSA) is 149 Å². The van der Waals surface area contributed by atoms with Crippen LogP contribution in [0.4, 0.5) is 0 Å². The fourth-order valence-corrected chi connectivity index (χ4v) is 5.56. The van der Waals surface area contributed by atoms with Crippen LogP contribution in [0.15, 0.2) is 36.5 Å². The molecule has 0 saturated carbocycles. The Balaban J connectivity index is 4.40. The van der Waals surface area contributed by atoms with E-state index in [0.29, 0.717) is 12.8 Å². The van der Waals surface area contributed by atoms with Gasteiger partial charge in [0, 0.05) is 12.8 Å². The summed E-state index contributed by atoms with van der Waals surface area (Å²) in [5.41, 5.74) is 0. The van der Waals surface area contributed by atoms with Gasteiger partial charge in [0.1, 0.15) is 12.7 Å². The van der Waals surface area contributed by atoms with Crippen molar-refractivity contribution in [1.82, 2.24) is 0 Å². The van der Waals surface area contributed by atoms with Gasteiger partial charge in [-0.15, -0.1) is 0 Å². The maximum Gasteiger partial charge on any atom is 0.472 e. The molecule has 0 aliphatic rings. The van der Waals surface area contributed by atoms with E-state index in [1.807, 2.05) is 0 Å². The van der Waals surface area contributed by atoms with Gasteiger partial charge in [-0.05, 0) is 64.2 Å². The van der Waals surface area contributed by atoms with Crippen LogP contribution < -0.4 is 0 Å². The number of esters is 2. The van der Waals surface area contributed by atoms with E-state index in [4.69, 9.17) is 19.1 Å². The number of phosphoric ester groups is 1. The van der Waals surface area contributed by atoms with Crippen molar-refractivity contribution in [3.8, 4) is 0 Å². The molecular weight excluding hydrogens is 647 g/mol. The van der Waals surface area contributed by atoms with Gasteiger partial charge < -0.3 is 24.6 Å². The summed E-state index contributed by atoms with van der Waals surface area (Å²) in [6.45, 7) is 2.26. The van der Waals surface area contributed by atoms with Crippen molar-refractivity contribution in [3.05, 3.63) is 36.5 Å². The zero-order chi connectivity index (χ0) is 36.3. The van der Waals surface area contributed by atoms with Crippen LogP contribution in [0.1, 0.15) is 155 Å². The first-order valence-corrected chi connectivity index (χ1v) is 20.4. The summed E-state index contributed by atoms with van der Waals surface area (Å²) in [6, 6.07) is 0. The fourth-order valence-electron chi connectivity index (χ4n) is 4.77. The number of aliphatic hydroxyl groups is 2. The third-order valence-electron chi connectivity index (χ3n) is 7.77. The van der Waals surface area contributed by atoms with Crippen molar-refractivity contribution in [2.24, 2.45) is 0 Å². The number of ether oxygens (including phenoxy) is 2. The zero-order valence-electron chi connectivity index (χ0n) is 30.7. The first-order chi connectivity index (χ1) is 23.7.